The summed E-state index contributed by atoms with van der Waals surface area (Å²) in [6.45, 7) is 8.42. The second-order valence-electron chi connectivity index (χ2n) is 10.2. The number of halogens is 2. The van der Waals surface area contributed by atoms with Crippen molar-refractivity contribution in [3.05, 3.63) is 106 Å². The molecule has 0 bridgehead atoms. The molecule has 0 aliphatic carbocycles. The van der Waals surface area contributed by atoms with Crippen LogP contribution in [0.3, 0.4) is 0 Å². The number of rotatable bonds is 5. The Morgan fingerprint density at radius 1 is 1.05 bits per heavy atom. The van der Waals surface area contributed by atoms with Crippen LogP contribution in [0.4, 0.5) is 11.4 Å². The first kappa shape index (κ1) is 25.5. The fourth-order valence-corrected chi connectivity index (χ4v) is 5.86. The summed E-state index contributed by atoms with van der Waals surface area (Å²) in [5.41, 5.74) is 2.45. The van der Waals surface area contributed by atoms with Crippen LogP contribution in [0.2, 0.25) is 10.0 Å². The molecule has 0 N–H and O–H groups in total. The molecule has 6 rings (SSSR count). The zero-order chi connectivity index (χ0) is 27.4. The molecule has 7 heteroatoms. The van der Waals surface area contributed by atoms with Gasteiger partial charge in [-0.2, -0.15) is 0 Å². The van der Waals surface area contributed by atoms with E-state index in [4.69, 9.17) is 37.7 Å². The summed E-state index contributed by atoms with van der Waals surface area (Å²) in [5.74, 6) is 0.279. The maximum absolute atomic E-state index is 12.8. The molecule has 0 saturated heterocycles. The van der Waals surface area contributed by atoms with Gasteiger partial charge < -0.3 is 14.4 Å². The van der Waals surface area contributed by atoms with Gasteiger partial charge in [0, 0.05) is 11.1 Å². The van der Waals surface area contributed by atoms with Crippen LogP contribution >= 0.6 is 23.2 Å². The van der Waals surface area contributed by atoms with Crippen LogP contribution in [-0.2, 0) is 10.2 Å². The van der Waals surface area contributed by atoms with Gasteiger partial charge in [0.1, 0.15) is 18.0 Å². The van der Waals surface area contributed by atoms with Crippen molar-refractivity contribution in [3.8, 4) is 5.75 Å². The Balaban J connectivity index is 1.36. The van der Waals surface area contributed by atoms with Gasteiger partial charge in [0.25, 0.3) is 0 Å². The number of hydrogen-bond acceptors (Lipinski definition) is 5. The number of hydrogen-bond donors (Lipinski definition) is 0. The van der Waals surface area contributed by atoms with Crippen molar-refractivity contribution >= 4 is 63.6 Å². The van der Waals surface area contributed by atoms with E-state index in [0.717, 1.165) is 33.3 Å². The van der Waals surface area contributed by atoms with Crippen molar-refractivity contribution in [1.29, 1.82) is 0 Å². The molecule has 1 spiro atoms. The SMILES string of the molecule is C=Cc1ccc(C(=O)OCCN2c3cc(Cl)c(Cl)cc3C(C)(C)C23C=Nc2c(ccc4ccccc24)O3)cc1. The predicted octanol–water partition coefficient (Wildman–Crippen LogP) is 8.24. The Morgan fingerprint density at radius 3 is 2.56 bits per heavy atom. The van der Waals surface area contributed by atoms with Crippen LogP contribution in [0.15, 0.2) is 84.4 Å². The standard InChI is InChI=1S/C32H26Cl2N2O3/c1-4-20-9-11-22(12-10-20)30(37)38-16-15-36-27-18-26(34)25(33)17-24(27)31(2,3)32(36)19-35-29-23-8-6-5-7-21(23)13-14-28(29)39-32/h4-14,17-19H,1,15-16H2,2-3H3. The van der Waals surface area contributed by atoms with Gasteiger partial charge in [-0.15, -0.1) is 0 Å². The van der Waals surface area contributed by atoms with E-state index in [-0.39, 0.29) is 6.61 Å². The van der Waals surface area contributed by atoms with Crippen molar-refractivity contribution in [2.75, 3.05) is 18.1 Å². The van der Waals surface area contributed by atoms with Gasteiger partial charge in [0.15, 0.2) is 0 Å². The molecule has 5 nitrogen and oxygen atoms in total. The van der Waals surface area contributed by atoms with E-state index in [1.807, 2.05) is 60.8 Å². The van der Waals surface area contributed by atoms with Crippen molar-refractivity contribution in [2.24, 2.45) is 4.99 Å². The van der Waals surface area contributed by atoms with Crippen molar-refractivity contribution in [1.82, 2.24) is 0 Å². The quantitative estimate of drug-likeness (QED) is 0.232. The van der Waals surface area contributed by atoms with E-state index >= 15 is 0 Å². The zero-order valence-corrected chi connectivity index (χ0v) is 23.1. The van der Waals surface area contributed by atoms with Gasteiger partial charge in [-0.1, -0.05) is 78.3 Å². The Hall–Kier alpha value is -3.80. The number of benzene rings is 4. The van der Waals surface area contributed by atoms with Crippen molar-refractivity contribution in [2.45, 2.75) is 25.0 Å². The van der Waals surface area contributed by atoms with Crippen LogP contribution in [0, 0.1) is 0 Å². The Kier molecular flexibility index (Phi) is 6.17. The number of anilines is 1. The Bertz CT molecular complexity index is 1660. The first-order valence-corrected chi connectivity index (χ1v) is 13.4. The van der Waals surface area contributed by atoms with E-state index < -0.39 is 17.1 Å². The number of fused-ring (bicyclic) bond motifs is 4. The van der Waals surface area contributed by atoms with Crippen LogP contribution < -0.4 is 9.64 Å². The first-order valence-electron chi connectivity index (χ1n) is 12.7. The lowest BCUT2D eigenvalue weighted by Gasteiger charge is -2.46. The smallest absolute Gasteiger partial charge is 0.338 e. The lowest BCUT2D eigenvalue weighted by Crippen LogP contribution is -2.62. The van der Waals surface area contributed by atoms with Gasteiger partial charge in [-0.05, 0) is 60.7 Å². The highest BCUT2D eigenvalue weighted by atomic mass is 35.5. The third-order valence-electron chi connectivity index (χ3n) is 7.73. The molecule has 196 valence electrons. The molecular weight excluding hydrogens is 531 g/mol. The number of esters is 1. The number of aliphatic imine (C=N–C) groups is 1. The highest BCUT2D eigenvalue weighted by Gasteiger charge is 2.60. The van der Waals surface area contributed by atoms with Gasteiger partial charge in [-0.3, -0.25) is 4.99 Å². The molecule has 1 unspecified atom stereocenters. The van der Waals surface area contributed by atoms with Crippen LogP contribution in [0.25, 0.3) is 16.8 Å². The highest BCUT2D eigenvalue weighted by molar-refractivity contribution is 6.42. The van der Waals surface area contributed by atoms with Gasteiger partial charge in [0.2, 0.25) is 5.72 Å². The maximum atomic E-state index is 12.8. The molecule has 4 aromatic rings. The van der Waals surface area contributed by atoms with Crippen molar-refractivity contribution < 1.29 is 14.3 Å². The largest absolute Gasteiger partial charge is 0.460 e. The third-order valence-corrected chi connectivity index (χ3v) is 8.45. The fourth-order valence-electron chi connectivity index (χ4n) is 5.53. The number of ether oxygens (including phenoxy) is 2. The van der Waals surface area contributed by atoms with Crippen molar-refractivity contribution in [3.63, 3.8) is 0 Å². The minimum atomic E-state index is -1.00. The minimum Gasteiger partial charge on any atom is -0.460 e. The average molecular weight is 557 g/mol. The highest BCUT2D eigenvalue weighted by Crippen LogP contribution is 2.56. The second kappa shape index (κ2) is 9.44. The molecule has 2 heterocycles. The summed E-state index contributed by atoms with van der Waals surface area (Å²) in [6, 6.07) is 23.0. The minimum absolute atomic E-state index is 0.126. The van der Waals surface area contributed by atoms with E-state index in [0.29, 0.717) is 27.9 Å². The maximum Gasteiger partial charge on any atom is 0.338 e. The topological polar surface area (TPSA) is 51.1 Å². The van der Waals surface area contributed by atoms with E-state index in [2.05, 4.69) is 31.4 Å². The van der Waals surface area contributed by atoms with Gasteiger partial charge >= 0.3 is 5.97 Å². The van der Waals surface area contributed by atoms with Crippen LogP contribution in [-0.4, -0.2) is 31.1 Å². The third kappa shape index (κ3) is 4.00. The fraction of sp³-hybridized carbons (Fsp3) is 0.188. The summed E-state index contributed by atoms with van der Waals surface area (Å²) in [7, 11) is 0. The number of nitrogens with zero attached hydrogens (tertiary/aromatic N) is 2. The Morgan fingerprint density at radius 2 is 1.79 bits per heavy atom. The summed E-state index contributed by atoms with van der Waals surface area (Å²) >= 11 is 13.0. The first-order chi connectivity index (χ1) is 18.7. The molecule has 1 atom stereocenters. The summed E-state index contributed by atoms with van der Waals surface area (Å²) < 4.78 is 12.6. The van der Waals surface area contributed by atoms with Crippen LogP contribution in [0.1, 0.15) is 35.3 Å². The molecule has 0 saturated carbocycles. The van der Waals surface area contributed by atoms with E-state index in [9.17, 15) is 4.79 Å². The van der Waals surface area contributed by atoms with Gasteiger partial charge in [-0.25, -0.2) is 4.79 Å². The molecule has 0 aromatic heterocycles. The predicted molar refractivity (Wildman–Crippen MR) is 159 cm³/mol. The number of carbonyl (C=O) groups excluding carboxylic acids is 1. The molecule has 4 aromatic carbocycles. The Labute approximate surface area is 237 Å². The average Bonchev–Trinajstić information content (AvgIpc) is 3.11. The molecular formula is C32H26Cl2N2O3. The summed E-state index contributed by atoms with van der Waals surface area (Å²) in [4.78, 5) is 19.8. The molecule has 2 aliphatic heterocycles. The summed E-state index contributed by atoms with van der Waals surface area (Å²) in [5, 5.41) is 3.01. The second-order valence-corrected chi connectivity index (χ2v) is 11.0. The molecule has 0 amide bonds. The van der Waals surface area contributed by atoms with E-state index in [1.165, 1.54) is 0 Å². The normalized spacial score (nSPS) is 18.5. The zero-order valence-electron chi connectivity index (χ0n) is 21.6. The molecule has 39 heavy (non-hydrogen) atoms. The number of carbonyl (C=O) groups is 1. The van der Waals surface area contributed by atoms with Crippen LogP contribution in [0.5, 0.6) is 5.75 Å². The van der Waals surface area contributed by atoms with Gasteiger partial charge in [0.05, 0.1) is 33.8 Å². The molecule has 0 radical (unpaired) electrons. The monoisotopic (exact) mass is 556 g/mol. The summed E-state index contributed by atoms with van der Waals surface area (Å²) in [6.07, 6.45) is 3.59. The van der Waals surface area contributed by atoms with E-state index in [1.54, 1.807) is 18.2 Å². The molecule has 0 fully saturated rings. The molecule has 2 aliphatic rings. The lowest BCUT2D eigenvalue weighted by molar-refractivity contribution is 0.0458. The lowest BCUT2D eigenvalue weighted by atomic mass is 9.77.